The van der Waals surface area contributed by atoms with Gasteiger partial charge in [-0.1, -0.05) is 0 Å². The Bertz CT molecular complexity index is 772. The van der Waals surface area contributed by atoms with E-state index < -0.39 is 0 Å². The van der Waals surface area contributed by atoms with Gasteiger partial charge in [0.25, 0.3) is 5.91 Å². The summed E-state index contributed by atoms with van der Waals surface area (Å²) in [5, 5.41) is 2.70. The summed E-state index contributed by atoms with van der Waals surface area (Å²) in [6.07, 6.45) is 5.30. The smallest absolute Gasteiger partial charge is 0.254 e. The fourth-order valence-corrected chi connectivity index (χ4v) is 3.01. The van der Waals surface area contributed by atoms with Gasteiger partial charge in [0.15, 0.2) is 0 Å². The van der Waals surface area contributed by atoms with Crippen molar-refractivity contribution in [2.24, 2.45) is 0 Å². The lowest BCUT2D eigenvalue weighted by Crippen LogP contribution is -2.27. The van der Waals surface area contributed by atoms with E-state index in [1.807, 2.05) is 44.4 Å². The van der Waals surface area contributed by atoms with Crippen molar-refractivity contribution in [2.45, 2.75) is 19.8 Å². The number of carbonyl (C=O) groups excluding carboxylic acids is 1. The Labute approximate surface area is 148 Å². The Morgan fingerprint density at radius 3 is 2.52 bits per heavy atom. The van der Waals surface area contributed by atoms with Crippen LogP contribution in [0.3, 0.4) is 0 Å². The molecule has 1 aliphatic rings. The zero-order valence-electron chi connectivity index (χ0n) is 15.2. The predicted octanol–water partition coefficient (Wildman–Crippen LogP) is 1.21. The molecule has 1 amide bonds. The number of aryl methyl sites for hydroxylation is 1. The van der Waals surface area contributed by atoms with Crippen LogP contribution >= 0.6 is 0 Å². The van der Waals surface area contributed by atoms with Crippen molar-refractivity contribution in [2.75, 3.05) is 44.0 Å². The minimum Gasteiger partial charge on any atom is -0.362 e. The van der Waals surface area contributed by atoms with Crippen LogP contribution in [0.2, 0.25) is 0 Å². The van der Waals surface area contributed by atoms with Crippen LogP contribution in [-0.2, 0) is 12.8 Å². The van der Waals surface area contributed by atoms with E-state index >= 15 is 0 Å². The fraction of sp³-hybridized carbons (Fsp3) is 0.444. The standard InChI is InChI=1S/C18H24N6O/c1-12-10-20-18(21-11-12)24-7-5-13-9-14(17(25)19-2)16(23(3)4)22-15(13)6-8-24/h9-11H,5-8H2,1-4H3,(H,19,25). The molecule has 1 N–H and O–H groups in total. The first-order chi connectivity index (χ1) is 12.0. The van der Waals surface area contributed by atoms with E-state index in [2.05, 4.69) is 20.2 Å². The van der Waals surface area contributed by atoms with Crippen molar-refractivity contribution in [1.29, 1.82) is 0 Å². The molecule has 0 unspecified atom stereocenters. The summed E-state index contributed by atoms with van der Waals surface area (Å²) in [5.41, 5.74) is 3.84. The maximum Gasteiger partial charge on any atom is 0.254 e. The molecule has 7 nitrogen and oxygen atoms in total. The lowest BCUT2D eigenvalue weighted by molar-refractivity contribution is 0.0963. The van der Waals surface area contributed by atoms with Crippen LogP contribution in [0.25, 0.3) is 0 Å². The van der Waals surface area contributed by atoms with Gasteiger partial charge in [0.05, 0.1) is 5.56 Å². The number of hydrogen-bond acceptors (Lipinski definition) is 6. The first kappa shape index (κ1) is 17.1. The SMILES string of the molecule is CNC(=O)c1cc2c(nc1N(C)C)CCN(c1ncc(C)cn1)CC2. The normalized spacial score (nSPS) is 13.8. The van der Waals surface area contributed by atoms with Crippen LogP contribution in [0.5, 0.6) is 0 Å². The van der Waals surface area contributed by atoms with Crippen LogP contribution in [0.1, 0.15) is 27.2 Å². The van der Waals surface area contributed by atoms with Crippen molar-refractivity contribution in [1.82, 2.24) is 20.3 Å². The lowest BCUT2D eigenvalue weighted by Gasteiger charge is -2.19. The number of hydrogen-bond donors (Lipinski definition) is 1. The van der Waals surface area contributed by atoms with Gasteiger partial charge in [-0.15, -0.1) is 0 Å². The highest BCUT2D eigenvalue weighted by Crippen LogP contribution is 2.24. The number of carbonyl (C=O) groups is 1. The molecular weight excluding hydrogens is 316 g/mol. The highest BCUT2D eigenvalue weighted by molar-refractivity contribution is 5.99. The molecule has 0 atom stereocenters. The fourth-order valence-electron chi connectivity index (χ4n) is 3.01. The summed E-state index contributed by atoms with van der Waals surface area (Å²) < 4.78 is 0. The number of amides is 1. The second-order valence-electron chi connectivity index (χ2n) is 6.49. The molecule has 0 saturated heterocycles. The average Bonchev–Trinajstić information content (AvgIpc) is 2.82. The van der Waals surface area contributed by atoms with Crippen molar-refractivity contribution >= 4 is 17.7 Å². The Morgan fingerprint density at radius 1 is 1.20 bits per heavy atom. The summed E-state index contributed by atoms with van der Waals surface area (Å²) in [6, 6.07) is 1.98. The largest absolute Gasteiger partial charge is 0.362 e. The second kappa shape index (κ2) is 7.04. The predicted molar refractivity (Wildman–Crippen MR) is 98.3 cm³/mol. The van der Waals surface area contributed by atoms with Crippen molar-refractivity contribution in [3.05, 3.63) is 40.8 Å². The highest BCUT2D eigenvalue weighted by atomic mass is 16.1. The van der Waals surface area contributed by atoms with Crippen LogP contribution in [0.15, 0.2) is 18.5 Å². The van der Waals surface area contributed by atoms with Gasteiger partial charge in [0.2, 0.25) is 5.95 Å². The van der Waals surface area contributed by atoms with E-state index in [-0.39, 0.29) is 5.91 Å². The maximum atomic E-state index is 12.2. The number of rotatable bonds is 3. The molecule has 0 radical (unpaired) electrons. The number of fused-ring (bicyclic) bond motifs is 1. The first-order valence-electron chi connectivity index (χ1n) is 8.45. The molecule has 0 saturated carbocycles. The van der Waals surface area contributed by atoms with E-state index in [1.165, 1.54) is 0 Å². The van der Waals surface area contributed by atoms with E-state index in [4.69, 9.17) is 4.98 Å². The van der Waals surface area contributed by atoms with Crippen molar-refractivity contribution in [3.8, 4) is 0 Å². The quantitative estimate of drug-likeness (QED) is 0.905. The Balaban J connectivity index is 1.90. The zero-order chi connectivity index (χ0) is 18.0. The molecule has 3 heterocycles. The summed E-state index contributed by atoms with van der Waals surface area (Å²) in [4.78, 5) is 29.9. The molecule has 0 aliphatic carbocycles. The number of nitrogens with one attached hydrogen (secondary N) is 1. The monoisotopic (exact) mass is 340 g/mol. The van der Waals surface area contributed by atoms with Crippen LogP contribution < -0.4 is 15.1 Å². The summed E-state index contributed by atoms with van der Waals surface area (Å²) in [5.74, 6) is 1.35. The van der Waals surface area contributed by atoms with Crippen LogP contribution in [0, 0.1) is 6.92 Å². The van der Waals surface area contributed by atoms with E-state index in [0.717, 1.165) is 48.7 Å². The maximum absolute atomic E-state index is 12.2. The summed E-state index contributed by atoms with van der Waals surface area (Å²) in [7, 11) is 5.46. The minimum absolute atomic E-state index is 0.109. The molecule has 0 aromatic carbocycles. The molecular formula is C18H24N6O. The molecule has 7 heteroatoms. The number of nitrogens with zero attached hydrogens (tertiary/aromatic N) is 5. The van der Waals surface area contributed by atoms with E-state index in [0.29, 0.717) is 11.4 Å². The first-order valence-corrected chi connectivity index (χ1v) is 8.45. The highest BCUT2D eigenvalue weighted by Gasteiger charge is 2.22. The van der Waals surface area contributed by atoms with Crippen molar-refractivity contribution < 1.29 is 4.79 Å². The Kier molecular flexibility index (Phi) is 4.83. The third kappa shape index (κ3) is 3.55. The van der Waals surface area contributed by atoms with Gasteiger partial charge in [-0.25, -0.2) is 15.0 Å². The third-order valence-electron chi connectivity index (χ3n) is 4.39. The second-order valence-corrected chi connectivity index (χ2v) is 6.49. The number of pyridine rings is 1. The molecule has 0 spiro atoms. The molecule has 132 valence electrons. The van der Waals surface area contributed by atoms with Gasteiger partial charge in [0, 0.05) is 58.7 Å². The Hall–Kier alpha value is -2.70. The van der Waals surface area contributed by atoms with E-state index in [9.17, 15) is 4.79 Å². The van der Waals surface area contributed by atoms with E-state index in [1.54, 1.807) is 7.05 Å². The molecule has 25 heavy (non-hydrogen) atoms. The molecule has 2 aromatic heterocycles. The molecule has 2 aromatic rings. The van der Waals surface area contributed by atoms with Crippen molar-refractivity contribution in [3.63, 3.8) is 0 Å². The topological polar surface area (TPSA) is 74.2 Å². The number of anilines is 2. The van der Waals surface area contributed by atoms with Gasteiger partial charge in [-0.2, -0.15) is 0 Å². The van der Waals surface area contributed by atoms with Crippen LogP contribution in [-0.4, -0.2) is 55.1 Å². The number of aromatic nitrogens is 3. The molecule has 0 fully saturated rings. The van der Waals surface area contributed by atoms with Gasteiger partial charge >= 0.3 is 0 Å². The molecule has 0 bridgehead atoms. The lowest BCUT2D eigenvalue weighted by atomic mass is 10.0. The van der Waals surface area contributed by atoms with Gasteiger partial charge in [-0.3, -0.25) is 4.79 Å². The molecule has 3 rings (SSSR count). The van der Waals surface area contributed by atoms with Gasteiger partial charge < -0.3 is 15.1 Å². The van der Waals surface area contributed by atoms with Gasteiger partial charge in [0.1, 0.15) is 5.82 Å². The molecule has 1 aliphatic heterocycles. The average molecular weight is 340 g/mol. The summed E-state index contributed by atoms with van der Waals surface area (Å²) >= 11 is 0. The van der Waals surface area contributed by atoms with Crippen LogP contribution in [0.4, 0.5) is 11.8 Å². The third-order valence-corrected chi connectivity index (χ3v) is 4.39. The van der Waals surface area contributed by atoms with Gasteiger partial charge in [-0.05, 0) is 30.5 Å². The minimum atomic E-state index is -0.109. The Morgan fingerprint density at radius 2 is 1.88 bits per heavy atom. The summed E-state index contributed by atoms with van der Waals surface area (Å²) in [6.45, 7) is 3.61. The zero-order valence-corrected chi connectivity index (χ0v) is 15.2.